The van der Waals surface area contributed by atoms with Gasteiger partial charge in [-0.05, 0) is 24.3 Å². The molecule has 0 fully saturated rings. The molecule has 0 bridgehead atoms. The van der Waals surface area contributed by atoms with Crippen molar-refractivity contribution in [2.45, 2.75) is 6.42 Å². The minimum atomic E-state index is 0.903. The molecule has 0 amide bonds. The van der Waals surface area contributed by atoms with Gasteiger partial charge < -0.3 is 5.32 Å². The lowest BCUT2D eigenvalue weighted by molar-refractivity contribution is 1.12. The topological polar surface area (TPSA) is 24.4 Å². The summed E-state index contributed by atoms with van der Waals surface area (Å²) >= 11 is 0. The predicted molar refractivity (Wildman–Crippen MR) is 74.1 cm³/mol. The molecule has 0 heterocycles. The Morgan fingerprint density at radius 3 is 2.24 bits per heavy atom. The van der Waals surface area contributed by atoms with Gasteiger partial charge in [0.25, 0.3) is 0 Å². The SMILES string of the molecule is C(CCNc1ccccc1)=Nc1ccccc1. The van der Waals surface area contributed by atoms with Crippen LogP contribution in [0.2, 0.25) is 0 Å². The van der Waals surface area contributed by atoms with E-state index in [9.17, 15) is 0 Å². The molecule has 2 rings (SSSR count). The van der Waals surface area contributed by atoms with Crippen LogP contribution in [0.3, 0.4) is 0 Å². The van der Waals surface area contributed by atoms with Crippen LogP contribution in [0.4, 0.5) is 11.4 Å². The summed E-state index contributed by atoms with van der Waals surface area (Å²) in [4.78, 5) is 4.37. The van der Waals surface area contributed by atoms with Crippen molar-refractivity contribution >= 4 is 17.6 Å². The summed E-state index contributed by atoms with van der Waals surface area (Å²) in [6, 6.07) is 20.2. The molecule has 17 heavy (non-hydrogen) atoms. The molecule has 0 radical (unpaired) electrons. The molecule has 0 aliphatic carbocycles. The van der Waals surface area contributed by atoms with Crippen LogP contribution in [-0.2, 0) is 0 Å². The summed E-state index contributed by atoms with van der Waals surface area (Å²) in [5.74, 6) is 0. The highest BCUT2D eigenvalue weighted by Gasteiger charge is 1.87. The molecular weight excluding hydrogens is 208 g/mol. The molecule has 2 heteroatoms. The first-order chi connectivity index (χ1) is 8.45. The van der Waals surface area contributed by atoms with E-state index in [1.165, 1.54) is 0 Å². The summed E-state index contributed by atoms with van der Waals surface area (Å²) in [5, 5.41) is 3.34. The minimum absolute atomic E-state index is 0.903. The third kappa shape index (κ3) is 4.11. The highest BCUT2D eigenvalue weighted by Crippen LogP contribution is 2.08. The van der Waals surface area contributed by atoms with E-state index in [0.29, 0.717) is 0 Å². The Morgan fingerprint density at radius 1 is 0.882 bits per heavy atom. The van der Waals surface area contributed by atoms with Gasteiger partial charge in [-0.3, -0.25) is 4.99 Å². The number of benzene rings is 2. The highest BCUT2D eigenvalue weighted by molar-refractivity contribution is 5.63. The van der Waals surface area contributed by atoms with Crippen LogP contribution in [0.25, 0.3) is 0 Å². The highest BCUT2D eigenvalue weighted by atomic mass is 14.9. The Kier molecular flexibility index (Phi) is 4.35. The maximum Gasteiger partial charge on any atom is 0.0625 e. The molecule has 1 N–H and O–H groups in total. The van der Waals surface area contributed by atoms with Gasteiger partial charge in [0.05, 0.1) is 5.69 Å². The fourth-order valence-electron chi connectivity index (χ4n) is 1.52. The second kappa shape index (κ2) is 6.48. The number of rotatable bonds is 5. The third-order valence-corrected chi connectivity index (χ3v) is 2.37. The lowest BCUT2D eigenvalue weighted by atomic mass is 10.3. The van der Waals surface area contributed by atoms with Crippen LogP contribution in [0.15, 0.2) is 65.7 Å². The number of nitrogens with one attached hydrogen (secondary N) is 1. The first-order valence-electron chi connectivity index (χ1n) is 5.81. The summed E-state index contributed by atoms with van der Waals surface area (Å²) in [7, 11) is 0. The molecule has 0 spiro atoms. The first-order valence-corrected chi connectivity index (χ1v) is 5.81. The van der Waals surface area contributed by atoms with Gasteiger partial charge in [-0.1, -0.05) is 36.4 Å². The zero-order valence-electron chi connectivity index (χ0n) is 9.71. The summed E-state index contributed by atoms with van der Waals surface area (Å²) in [6.07, 6.45) is 2.87. The predicted octanol–water partition coefficient (Wildman–Crippen LogP) is 3.89. The third-order valence-electron chi connectivity index (χ3n) is 2.37. The lowest BCUT2D eigenvalue weighted by Crippen LogP contribution is -2.01. The Bertz CT molecular complexity index is 449. The van der Waals surface area contributed by atoms with Gasteiger partial charge in [0.15, 0.2) is 0 Å². The minimum Gasteiger partial charge on any atom is -0.385 e. The number of hydrogen-bond donors (Lipinski definition) is 1. The van der Waals surface area contributed by atoms with Crippen molar-refractivity contribution in [2.75, 3.05) is 11.9 Å². The first kappa shape index (κ1) is 11.4. The second-order valence-electron chi connectivity index (χ2n) is 3.73. The molecule has 0 aliphatic rings. The number of hydrogen-bond acceptors (Lipinski definition) is 2. The lowest BCUT2D eigenvalue weighted by Gasteiger charge is -2.02. The monoisotopic (exact) mass is 224 g/mol. The van der Waals surface area contributed by atoms with Gasteiger partial charge in [0.2, 0.25) is 0 Å². The van der Waals surface area contributed by atoms with E-state index in [1.54, 1.807) is 0 Å². The average Bonchev–Trinajstić information content (AvgIpc) is 2.41. The summed E-state index contributed by atoms with van der Waals surface area (Å²) in [5.41, 5.74) is 2.16. The van der Waals surface area contributed by atoms with Gasteiger partial charge in [-0.15, -0.1) is 0 Å². The molecule has 2 aromatic rings. The summed E-state index contributed by atoms with van der Waals surface area (Å²) < 4.78 is 0. The normalized spacial score (nSPS) is 10.6. The second-order valence-corrected chi connectivity index (χ2v) is 3.73. The van der Waals surface area contributed by atoms with Crippen molar-refractivity contribution in [1.82, 2.24) is 0 Å². The van der Waals surface area contributed by atoms with Crippen molar-refractivity contribution in [2.24, 2.45) is 4.99 Å². The van der Waals surface area contributed by atoms with Crippen LogP contribution in [0.5, 0.6) is 0 Å². The van der Waals surface area contributed by atoms with Crippen LogP contribution in [0.1, 0.15) is 6.42 Å². The van der Waals surface area contributed by atoms with E-state index in [1.807, 2.05) is 54.7 Å². The standard InChI is InChI=1S/C15H16N2/c1-3-8-14(9-4-1)16-12-7-13-17-15-10-5-2-6-11-15/h1-6,8-12,17H,7,13H2. The maximum absolute atomic E-state index is 4.37. The van der Waals surface area contributed by atoms with Gasteiger partial charge in [-0.25, -0.2) is 0 Å². The van der Waals surface area contributed by atoms with Crippen molar-refractivity contribution in [1.29, 1.82) is 0 Å². The van der Waals surface area contributed by atoms with Crippen LogP contribution < -0.4 is 5.32 Å². The Hall–Kier alpha value is -2.09. The van der Waals surface area contributed by atoms with E-state index in [0.717, 1.165) is 24.3 Å². The number of anilines is 1. The average molecular weight is 224 g/mol. The van der Waals surface area contributed by atoms with Gasteiger partial charge in [0, 0.05) is 24.9 Å². The van der Waals surface area contributed by atoms with Gasteiger partial charge in [0.1, 0.15) is 0 Å². The largest absolute Gasteiger partial charge is 0.385 e. The van der Waals surface area contributed by atoms with Crippen molar-refractivity contribution in [3.8, 4) is 0 Å². The molecule has 86 valence electrons. The Labute approximate surface area is 102 Å². The molecular formula is C15H16N2. The molecule has 0 unspecified atom stereocenters. The van der Waals surface area contributed by atoms with E-state index in [-0.39, 0.29) is 0 Å². The molecule has 0 atom stereocenters. The fraction of sp³-hybridized carbons (Fsp3) is 0.133. The molecule has 0 saturated carbocycles. The van der Waals surface area contributed by atoms with Crippen molar-refractivity contribution < 1.29 is 0 Å². The molecule has 2 aromatic carbocycles. The molecule has 0 saturated heterocycles. The van der Waals surface area contributed by atoms with E-state index >= 15 is 0 Å². The number of aliphatic imine (C=N–C) groups is 1. The van der Waals surface area contributed by atoms with E-state index < -0.39 is 0 Å². The molecule has 0 aliphatic heterocycles. The van der Waals surface area contributed by atoms with Crippen LogP contribution in [-0.4, -0.2) is 12.8 Å². The Morgan fingerprint density at radius 2 is 1.53 bits per heavy atom. The van der Waals surface area contributed by atoms with E-state index in [4.69, 9.17) is 0 Å². The Balaban J connectivity index is 1.72. The smallest absolute Gasteiger partial charge is 0.0625 e. The van der Waals surface area contributed by atoms with Crippen molar-refractivity contribution in [3.05, 3.63) is 60.7 Å². The number of nitrogens with zero attached hydrogens (tertiary/aromatic N) is 1. The zero-order chi connectivity index (χ0) is 11.8. The maximum atomic E-state index is 4.37. The van der Waals surface area contributed by atoms with Crippen LogP contribution in [0, 0.1) is 0 Å². The van der Waals surface area contributed by atoms with Gasteiger partial charge in [-0.2, -0.15) is 0 Å². The molecule has 2 nitrogen and oxygen atoms in total. The molecule has 0 aromatic heterocycles. The fourth-order valence-corrected chi connectivity index (χ4v) is 1.52. The van der Waals surface area contributed by atoms with E-state index in [2.05, 4.69) is 22.4 Å². The van der Waals surface area contributed by atoms with Crippen molar-refractivity contribution in [3.63, 3.8) is 0 Å². The quantitative estimate of drug-likeness (QED) is 0.604. The zero-order valence-corrected chi connectivity index (χ0v) is 9.71. The van der Waals surface area contributed by atoms with Crippen LogP contribution >= 0.6 is 0 Å². The van der Waals surface area contributed by atoms with Gasteiger partial charge >= 0.3 is 0 Å². The summed E-state index contributed by atoms with van der Waals surface area (Å²) in [6.45, 7) is 0.903. The number of para-hydroxylation sites is 2.